The minimum atomic E-state index is -0.803. The molecule has 0 fully saturated rings. The predicted octanol–water partition coefficient (Wildman–Crippen LogP) is 2.90. The topological polar surface area (TPSA) is 102 Å². The number of carbonyl (C=O) groups is 2. The van der Waals surface area contributed by atoms with Crippen LogP contribution in [0.1, 0.15) is 17.3 Å². The molecule has 2 aromatic rings. The fourth-order valence-corrected chi connectivity index (χ4v) is 2.58. The standard InChI is InChI=1S/C19H20ClN3O5/c1-13(21-18(24)14-5-3-7-16(11-14)23(26)27)19(25)22(2)9-10-28-17-8-4-6-15(20)12-17/h3-8,11-13H,9-10H2,1-2H3,(H,21,24)/t13-/m0/s1. The second-order valence-corrected chi connectivity index (χ2v) is 6.50. The Bertz CT molecular complexity index is 874. The van der Waals surface area contributed by atoms with E-state index in [2.05, 4.69) is 5.32 Å². The lowest BCUT2D eigenvalue weighted by Gasteiger charge is -2.22. The minimum Gasteiger partial charge on any atom is -0.492 e. The summed E-state index contributed by atoms with van der Waals surface area (Å²) in [5, 5.41) is 13.9. The Morgan fingerprint density at radius 1 is 1.25 bits per heavy atom. The summed E-state index contributed by atoms with van der Waals surface area (Å²) in [7, 11) is 1.60. The molecule has 0 heterocycles. The number of ether oxygens (including phenoxy) is 1. The number of nitrogens with zero attached hydrogens (tertiary/aromatic N) is 2. The molecule has 0 aliphatic rings. The van der Waals surface area contributed by atoms with Gasteiger partial charge in [0, 0.05) is 29.8 Å². The number of nitro groups is 1. The molecule has 0 saturated heterocycles. The van der Waals surface area contributed by atoms with Crippen LogP contribution in [-0.4, -0.2) is 47.9 Å². The molecule has 0 bridgehead atoms. The van der Waals surface area contributed by atoms with Gasteiger partial charge in [0.15, 0.2) is 0 Å². The zero-order chi connectivity index (χ0) is 20.7. The number of rotatable bonds is 8. The largest absolute Gasteiger partial charge is 0.492 e. The van der Waals surface area contributed by atoms with Crippen LogP contribution in [0.3, 0.4) is 0 Å². The summed E-state index contributed by atoms with van der Waals surface area (Å²) < 4.78 is 5.54. The first-order valence-electron chi connectivity index (χ1n) is 8.46. The number of hydrogen-bond donors (Lipinski definition) is 1. The number of hydrogen-bond acceptors (Lipinski definition) is 5. The van der Waals surface area contributed by atoms with E-state index >= 15 is 0 Å². The van der Waals surface area contributed by atoms with Gasteiger partial charge in [-0.05, 0) is 31.2 Å². The van der Waals surface area contributed by atoms with Gasteiger partial charge in [0.1, 0.15) is 18.4 Å². The van der Waals surface area contributed by atoms with Gasteiger partial charge in [0.05, 0.1) is 11.5 Å². The highest BCUT2D eigenvalue weighted by atomic mass is 35.5. The van der Waals surface area contributed by atoms with Gasteiger partial charge in [0.2, 0.25) is 5.91 Å². The van der Waals surface area contributed by atoms with E-state index in [0.29, 0.717) is 17.3 Å². The molecule has 0 aliphatic heterocycles. The molecule has 148 valence electrons. The third-order valence-corrected chi connectivity index (χ3v) is 4.14. The van der Waals surface area contributed by atoms with Crippen LogP contribution in [0.2, 0.25) is 5.02 Å². The van der Waals surface area contributed by atoms with Gasteiger partial charge in [-0.15, -0.1) is 0 Å². The molecule has 1 atom stereocenters. The van der Waals surface area contributed by atoms with E-state index in [-0.39, 0.29) is 23.8 Å². The zero-order valence-corrected chi connectivity index (χ0v) is 16.2. The average molecular weight is 406 g/mol. The van der Waals surface area contributed by atoms with Crippen LogP contribution in [0.4, 0.5) is 5.69 Å². The van der Waals surface area contributed by atoms with Crippen molar-refractivity contribution in [3.05, 3.63) is 69.2 Å². The maximum Gasteiger partial charge on any atom is 0.270 e. The van der Waals surface area contributed by atoms with Gasteiger partial charge >= 0.3 is 0 Å². The van der Waals surface area contributed by atoms with Crippen molar-refractivity contribution < 1.29 is 19.2 Å². The van der Waals surface area contributed by atoms with E-state index in [1.165, 1.54) is 23.1 Å². The summed E-state index contributed by atoms with van der Waals surface area (Å²) in [6.45, 7) is 2.11. The molecule has 0 saturated carbocycles. The monoisotopic (exact) mass is 405 g/mol. The van der Waals surface area contributed by atoms with Gasteiger partial charge in [-0.3, -0.25) is 19.7 Å². The number of carbonyl (C=O) groups excluding carboxylic acids is 2. The number of amides is 2. The first kappa shape index (κ1) is 21.2. The molecule has 8 nitrogen and oxygen atoms in total. The molecule has 0 spiro atoms. The second-order valence-electron chi connectivity index (χ2n) is 6.07. The SMILES string of the molecule is C[C@H](NC(=O)c1cccc([N+](=O)[O-])c1)C(=O)N(C)CCOc1cccc(Cl)c1. The van der Waals surface area contributed by atoms with Crippen molar-refractivity contribution >= 4 is 29.1 Å². The van der Waals surface area contributed by atoms with Gasteiger partial charge in [0.25, 0.3) is 11.6 Å². The van der Waals surface area contributed by atoms with Crippen molar-refractivity contribution in [2.75, 3.05) is 20.2 Å². The van der Waals surface area contributed by atoms with E-state index in [1.54, 1.807) is 38.2 Å². The third-order valence-electron chi connectivity index (χ3n) is 3.90. The summed E-state index contributed by atoms with van der Waals surface area (Å²) in [6, 6.07) is 11.4. The first-order valence-corrected chi connectivity index (χ1v) is 8.84. The van der Waals surface area contributed by atoms with Crippen LogP contribution < -0.4 is 10.1 Å². The predicted molar refractivity (Wildman–Crippen MR) is 105 cm³/mol. The van der Waals surface area contributed by atoms with E-state index in [1.807, 2.05) is 0 Å². The highest BCUT2D eigenvalue weighted by molar-refractivity contribution is 6.30. The number of halogens is 1. The van der Waals surface area contributed by atoms with Crippen molar-refractivity contribution in [2.45, 2.75) is 13.0 Å². The van der Waals surface area contributed by atoms with Gasteiger partial charge in [-0.2, -0.15) is 0 Å². The lowest BCUT2D eigenvalue weighted by Crippen LogP contribution is -2.46. The third kappa shape index (κ3) is 5.95. The van der Waals surface area contributed by atoms with Crippen molar-refractivity contribution in [1.29, 1.82) is 0 Å². The summed E-state index contributed by atoms with van der Waals surface area (Å²) in [4.78, 5) is 36.3. The maximum absolute atomic E-state index is 12.4. The zero-order valence-electron chi connectivity index (χ0n) is 15.4. The summed E-state index contributed by atoms with van der Waals surface area (Å²) >= 11 is 5.88. The van der Waals surface area contributed by atoms with Crippen molar-refractivity contribution in [3.8, 4) is 5.75 Å². The molecule has 0 radical (unpaired) electrons. The Kier molecular flexibility index (Phi) is 7.34. The molecule has 2 amide bonds. The number of non-ortho nitro benzene ring substituents is 1. The fraction of sp³-hybridized carbons (Fsp3) is 0.263. The van der Waals surface area contributed by atoms with E-state index < -0.39 is 16.9 Å². The molecular weight excluding hydrogens is 386 g/mol. The first-order chi connectivity index (χ1) is 13.3. The molecule has 2 aromatic carbocycles. The van der Waals surface area contributed by atoms with Crippen LogP contribution in [-0.2, 0) is 4.79 Å². The highest BCUT2D eigenvalue weighted by Crippen LogP contribution is 2.17. The van der Waals surface area contributed by atoms with E-state index in [4.69, 9.17) is 16.3 Å². The number of nitro benzene ring substituents is 1. The Hall–Kier alpha value is -3.13. The normalized spacial score (nSPS) is 11.4. The number of nitrogens with one attached hydrogen (secondary N) is 1. The molecule has 0 aliphatic carbocycles. The van der Waals surface area contributed by atoms with Gasteiger partial charge in [-0.25, -0.2) is 0 Å². The van der Waals surface area contributed by atoms with Crippen LogP contribution in [0.25, 0.3) is 0 Å². The summed E-state index contributed by atoms with van der Waals surface area (Å²) in [5.74, 6) is -0.276. The lowest BCUT2D eigenvalue weighted by atomic mass is 10.1. The van der Waals surface area contributed by atoms with Crippen molar-refractivity contribution in [1.82, 2.24) is 10.2 Å². The second kappa shape index (κ2) is 9.70. The molecule has 0 unspecified atom stereocenters. The molecule has 28 heavy (non-hydrogen) atoms. The van der Waals surface area contributed by atoms with Crippen molar-refractivity contribution in [2.24, 2.45) is 0 Å². The van der Waals surface area contributed by atoms with Gasteiger partial charge in [-0.1, -0.05) is 23.7 Å². The fourth-order valence-electron chi connectivity index (χ4n) is 2.40. The van der Waals surface area contributed by atoms with E-state index in [0.717, 1.165) is 6.07 Å². The Morgan fingerprint density at radius 2 is 1.96 bits per heavy atom. The van der Waals surface area contributed by atoms with Crippen LogP contribution >= 0.6 is 11.6 Å². The Labute approximate surface area is 167 Å². The van der Waals surface area contributed by atoms with Gasteiger partial charge < -0.3 is 15.0 Å². The van der Waals surface area contributed by atoms with Crippen LogP contribution in [0.15, 0.2) is 48.5 Å². The molecular formula is C19H20ClN3O5. The lowest BCUT2D eigenvalue weighted by molar-refractivity contribution is -0.384. The summed E-state index contributed by atoms with van der Waals surface area (Å²) in [5.41, 5.74) is -0.0808. The molecule has 0 aromatic heterocycles. The van der Waals surface area contributed by atoms with Crippen LogP contribution in [0, 0.1) is 10.1 Å². The smallest absolute Gasteiger partial charge is 0.270 e. The highest BCUT2D eigenvalue weighted by Gasteiger charge is 2.21. The minimum absolute atomic E-state index is 0.112. The quantitative estimate of drug-likeness (QED) is 0.537. The number of likely N-dealkylation sites (N-methyl/N-ethyl adjacent to an activating group) is 1. The molecule has 2 rings (SSSR count). The van der Waals surface area contributed by atoms with E-state index in [9.17, 15) is 19.7 Å². The molecule has 9 heteroatoms. The summed E-state index contributed by atoms with van der Waals surface area (Å²) in [6.07, 6.45) is 0. The van der Waals surface area contributed by atoms with Crippen LogP contribution in [0.5, 0.6) is 5.75 Å². The number of benzene rings is 2. The Morgan fingerprint density at radius 3 is 2.64 bits per heavy atom. The van der Waals surface area contributed by atoms with Crippen molar-refractivity contribution in [3.63, 3.8) is 0 Å². The molecule has 1 N–H and O–H groups in total. The average Bonchev–Trinajstić information content (AvgIpc) is 2.67. The maximum atomic E-state index is 12.4. The Balaban J connectivity index is 1.86.